The first-order valence-electron chi connectivity index (χ1n) is 7.01. The minimum atomic E-state index is -0.724. The second-order valence-corrected chi connectivity index (χ2v) is 5.58. The highest BCUT2D eigenvalue weighted by molar-refractivity contribution is 5.87. The van der Waals surface area contributed by atoms with E-state index in [2.05, 4.69) is 10.3 Å². The molecule has 4 atom stereocenters. The van der Waals surface area contributed by atoms with Gasteiger partial charge in [0, 0.05) is 0 Å². The molecule has 8 heteroatoms. The van der Waals surface area contributed by atoms with Gasteiger partial charge in [0.25, 0.3) is 0 Å². The molecule has 2 fully saturated rings. The number of hydrogen-bond acceptors (Lipinski definition) is 7. The molecule has 2 aliphatic heterocycles. The summed E-state index contributed by atoms with van der Waals surface area (Å²) in [6.07, 6.45) is 0.356. The van der Waals surface area contributed by atoms with Gasteiger partial charge in [0.2, 0.25) is 0 Å². The second-order valence-electron chi connectivity index (χ2n) is 5.58. The molecule has 21 heavy (non-hydrogen) atoms. The molecule has 0 amide bonds. The van der Waals surface area contributed by atoms with Crippen LogP contribution in [-0.4, -0.2) is 51.9 Å². The molecule has 8 nitrogen and oxygen atoms in total. The van der Waals surface area contributed by atoms with Crippen molar-refractivity contribution >= 4 is 5.97 Å². The van der Waals surface area contributed by atoms with Crippen molar-refractivity contribution in [1.82, 2.24) is 15.0 Å². The van der Waals surface area contributed by atoms with Crippen molar-refractivity contribution in [1.29, 1.82) is 0 Å². The maximum atomic E-state index is 12.0. The number of carbonyl (C=O) groups is 1. The molecule has 2 aliphatic rings. The maximum absolute atomic E-state index is 12.0. The predicted octanol–water partition coefficient (Wildman–Crippen LogP) is 0.892. The molecule has 2 saturated heterocycles. The van der Waals surface area contributed by atoms with Crippen LogP contribution in [0.4, 0.5) is 0 Å². The van der Waals surface area contributed by atoms with E-state index in [1.54, 1.807) is 6.92 Å². The van der Waals surface area contributed by atoms with Gasteiger partial charge in [0.1, 0.15) is 12.1 Å². The molecule has 0 N–H and O–H groups in total. The third kappa shape index (κ3) is 2.43. The summed E-state index contributed by atoms with van der Waals surface area (Å²) in [5, 5.41) is 7.83. The van der Waals surface area contributed by atoms with Gasteiger partial charge in [0.05, 0.1) is 18.9 Å². The quantitative estimate of drug-likeness (QED) is 0.766. The molecule has 0 saturated carbocycles. The van der Waals surface area contributed by atoms with Gasteiger partial charge in [0.15, 0.2) is 17.8 Å². The van der Waals surface area contributed by atoms with E-state index in [-0.39, 0.29) is 23.9 Å². The SMILES string of the molecule is CCOC(=O)c1cnnn1[C@@H]1[C@H]2OC(C)(C)O[C@H]2O[C@@H]1C. The Bertz CT molecular complexity index is 544. The first-order chi connectivity index (χ1) is 9.93. The Morgan fingerprint density at radius 2 is 2.24 bits per heavy atom. The highest BCUT2D eigenvalue weighted by Crippen LogP contribution is 2.42. The standard InChI is InChI=1S/C13H19N3O5/c1-5-18-11(17)8-6-14-15-16(8)9-7(2)19-12-10(9)20-13(3,4)21-12/h6-7,9-10,12H,5H2,1-4H3/t7-,9+,10-,12-/m1/s1. The van der Waals surface area contributed by atoms with Crippen LogP contribution in [0.1, 0.15) is 44.2 Å². The van der Waals surface area contributed by atoms with Crippen LogP contribution >= 0.6 is 0 Å². The normalized spacial score (nSPS) is 33.9. The Morgan fingerprint density at radius 1 is 1.48 bits per heavy atom. The topological polar surface area (TPSA) is 84.7 Å². The zero-order valence-electron chi connectivity index (χ0n) is 12.5. The highest BCUT2D eigenvalue weighted by atomic mass is 16.8. The Morgan fingerprint density at radius 3 is 2.95 bits per heavy atom. The lowest BCUT2D eigenvalue weighted by molar-refractivity contribution is -0.207. The van der Waals surface area contributed by atoms with Crippen molar-refractivity contribution in [2.75, 3.05) is 6.61 Å². The van der Waals surface area contributed by atoms with Crippen LogP contribution in [0.25, 0.3) is 0 Å². The Kier molecular flexibility index (Phi) is 3.46. The third-order valence-corrected chi connectivity index (χ3v) is 3.60. The fraction of sp³-hybridized carbons (Fsp3) is 0.769. The Labute approximate surface area is 122 Å². The second kappa shape index (κ2) is 5.04. The Balaban J connectivity index is 1.90. The maximum Gasteiger partial charge on any atom is 0.358 e. The fourth-order valence-corrected chi connectivity index (χ4v) is 2.81. The number of hydrogen-bond donors (Lipinski definition) is 0. The minimum Gasteiger partial charge on any atom is -0.461 e. The van der Waals surface area contributed by atoms with E-state index in [4.69, 9.17) is 18.9 Å². The third-order valence-electron chi connectivity index (χ3n) is 3.60. The van der Waals surface area contributed by atoms with Crippen LogP contribution in [0, 0.1) is 0 Å². The van der Waals surface area contributed by atoms with E-state index in [9.17, 15) is 4.79 Å². The molecule has 0 bridgehead atoms. The average molecular weight is 297 g/mol. The number of carbonyl (C=O) groups excluding carboxylic acids is 1. The van der Waals surface area contributed by atoms with Gasteiger partial charge in [-0.2, -0.15) is 0 Å². The van der Waals surface area contributed by atoms with Crippen molar-refractivity contribution in [2.45, 2.75) is 58.0 Å². The van der Waals surface area contributed by atoms with Gasteiger partial charge in [-0.3, -0.25) is 0 Å². The molecular weight excluding hydrogens is 278 g/mol. The molecular formula is C13H19N3O5. The zero-order chi connectivity index (χ0) is 15.2. The molecule has 1 aromatic rings. The molecule has 116 valence electrons. The molecule has 3 rings (SSSR count). The molecule has 0 aromatic carbocycles. The molecule has 3 heterocycles. The number of nitrogens with zero attached hydrogens (tertiary/aromatic N) is 3. The van der Waals surface area contributed by atoms with E-state index >= 15 is 0 Å². The lowest BCUT2D eigenvalue weighted by Gasteiger charge is -2.24. The molecule has 0 spiro atoms. The van der Waals surface area contributed by atoms with Crippen molar-refractivity contribution < 1.29 is 23.7 Å². The largest absolute Gasteiger partial charge is 0.461 e. The fourth-order valence-electron chi connectivity index (χ4n) is 2.81. The summed E-state index contributed by atoms with van der Waals surface area (Å²) in [5.74, 6) is -1.19. The Hall–Kier alpha value is -1.51. The highest BCUT2D eigenvalue weighted by Gasteiger charge is 2.55. The predicted molar refractivity (Wildman–Crippen MR) is 69.4 cm³/mol. The van der Waals surface area contributed by atoms with E-state index in [1.165, 1.54) is 10.9 Å². The van der Waals surface area contributed by atoms with Gasteiger partial charge < -0.3 is 18.9 Å². The van der Waals surface area contributed by atoms with Crippen LogP contribution in [-0.2, 0) is 18.9 Å². The summed E-state index contributed by atoms with van der Waals surface area (Å²) < 4.78 is 23.9. The number of aromatic nitrogens is 3. The van der Waals surface area contributed by atoms with Crippen molar-refractivity contribution in [2.24, 2.45) is 0 Å². The summed E-state index contributed by atoms with van der Waals surface area (Å²) >= 11 is 0. The summed E-state index contributed by atoms with van der Waals surface area (Å²) in [6.45, 7) is 7.58. The van der Waals surface area contributed by atoms with Crippen LogP contribution in [0.5, 0.6) is 0 Å². The smallest absolute Gasteiger partial charge is 0.358 e. The van der Waals surface area contributed by atoms with E-state index < -0.39 is 18.0 Å². The molecule has 0 aliphatic carbocycles. The lowest BCUT2D eigenvalue weighted by atomic mass is 10.1. The van der Waals surface area contributed by atoms with Crippen molar-refractivity contribution in [3.63, 3.8) is 0 Å². The van der Waals surface area contributed by atoms with Crippen LogP contribution in [0.15, 0.2) is 6.20 Å². The van der Waals surface area contributed by atoms with Crippen molar-refractivity contribution in [3.05, 3.63) is 11.9 Å². The van der Waals surface area contributed by atoms with Gasteiger partial charge in [-0.1, -0.05) is 5.21 Å². The van der Waals surface area contributed by atoms with Gasteiger partial charge in [-0.15, -0.1) is 5.10 Å². The van der Waals surface area contributed by atoms with Crippen molar-refractivity contribution in [3.8, 4) is 0 Å². The monoisotopic (exact) mass is 297 g/mol. The lowest BCUT2D eigenvalue weighted by Crippen LogP contribution is -2.33. The number of esters is 1. The van der Waals surface area contributed by atoms with Crippen LogP contribution in [0.2, 0.25) is 0 Å². The number of fused-ring (bicyclic) bond motifs is 1. The molecule has 0 unspecified atom stereocenters. The molecule has 0 radical (unpaired) electrons. The van der Waals surface area contributed by atoms with Gasteiger partial charge in [-0.05, 0) is 27.7 Å². The van der Waals surface area contributed by atoms with Gasteiger partial charge in [-0.25, -0.2) is 9.48 Å². The minimum absolute atomic E-state index is 0.217. The average Bonchev–Trinajstić information content (AvgIpc) is 3.01. The first kappa shape index (κ1) is 14.4. The first-order valence-corrected chi connectivity index (χ1v) is 7.01. The van der Waals surface area contributed by atoms with Crippen LogP contribution < -0.4 is 0 Å². The van der Waals surface area contributed by atoms with Gasteiger partial charge >= 0.3 is 5.97 Å². The van der Waals surface area contributed by atoms with Crippen LogP contribution in [0.3, 0.4) is 0 Å². The zero-order valence-corrected chi connectivity index (χ0v) is 12.5. The summed E-state index contributed by atoms with van der Waals surface area (Å²) in [5.41, 5.74) is 0.284. The summed E-state index contributed by atoms with van der Waals surface area (Å²) in [6, 6.07) is -0.293. The summed E-state index contributed by atoms with van der Waals surface area (Å²) in [7, 11) is 0. The number of ether oxygens (including phenoxy) is 4. The van der Waals surface area contributed by atoms with E-state index in [0.717, 1.165) is 0 Å². The van der Waals surface area contributed by atoms with E-state index in [0.29, 0.717) is 6.61 Å². The molecule has 1 aromatic heterocycles. The number of rotatable bonds is 3. The van der Waals surface area contributed by atoms with E-state index in [1.807, 2.05) is 20.8 Å². The summed E-state index contributed by atoms with van der Waals surface area (Å²) in [4.78, 5) is 12.0.